The van der Waals surface area contributed by atoms with Gasteiger partial charge in [-0.1, -0.05) is 12.1 Å². The lowest BCUT2D eigenvalue weighted by atomic mass is 10.1. The number of amides is 2. The Kier molecular flexibility index (Phi) is 5.33. The molecule has 0 saturated heterocycles. The monoisotopic (exact) mass is 289 g/mol. The highest BCUT2D eigenvalue weighted by Gasteiger charge is 2.28. The molecule has 2 rings (SSSR count). The summed E-state index contributed by atoms with van der Waals surface area (Å²) >= 11 is 0. The summed E-state index contributed by atoms with van der Waals surface area (Å²) in [5.41, 5.74) is 1.91. The van der Waals surface area contributed by atoms with E-state index in [0.29, 0.717) is 6.54 Å². The highest BCUT2D eigenvalue weighted by atomic mass is 16.2. The molecule has 1 fully saturated rings. The van der Waals surface area contributed by atoms with Crippen LogP contribution in [0.4, 0.5) is 5.69 Å². The number of rotatable bonds is 7. The van der Waals surface area contributed by atoms with E-state index < -0.39 is 0 Å². The minimum atomic E-state index is -0.0736. The SMILES string of the molecule is CC(=O)Nc1cccc(C(C)NCCNC(=O)C2CC2)c1. The van der Waals surface area contributed by atoms with Crippen LogP contribution in [-0.2, 0) is 9.59 Å². The molecular formula is C16H23N3O2. The molecule has 2 amide bonds. The normalized spacial score (nSPS) is 15.3. The minimum Gasteiger partial charge on any atom is -0.355 e. The third-order valence-corrected chi connectivity index (χ3v) is 3.53. The van der Waals surface area contributed by atoms with Gasteiger partial charge in [-0.3, -0.25) is 9.59 Å². The first-order valence-corrected chi connectivity index (χ1v) is 7.45. The number of anilines is 1. The molecule has 1 aromatic rings. The number of benzene rings is 1. The van der Waals surface area contributed by atoms with E-state index in [2.05, 4.69) is 22.9 Å². The first-order chi connectivity index (χ1) is 10.1. The van der Waals surface area contributed by atoms with Crippen LogP contribution in [0.15, 0.2) is 24.3 Å². The van der Waals surface area contributed by atoms with Crippen molar-refractivity contribution >= 4 is 17.5 Å². The Morgan fingerprint density at radius 3 is 2.71 bits per heavy atom. The van der Waals surface area contributed by atoms with Gasteiger partial charge in [0.1, 0.15) is 0 Å². The lowest BCUT2D eigenvalue weighted by molar-refractivity contribution is -0.122. The Bertz CT molecular complexity index is 512. The van der Waals surface area contributed by atoms with E-state index in [1.54, 1.807) is 0 Å². The van der Waals surface area contributed by atoms with Crippen molar-refractivity contribution < 1.29 is 9.59 Å². The van der Waals surface area contributed by atoms with Crippen LogP contribution in [0.25, 0.3) is 0 Å². The largest absolute Gasteiger partial charge is 0.355 e. The van der Waals surface area contributed by atoms with E-state index in [0.717, 1.165) is 30.6 Å². The number of hydrogen-bond acceptors (Lipinski definition) is 3. The molecule has 1 unspecified atom stereocenters. The molecule has 0 aliphatic heterocycles. The van der Waals surface area contributed by atoms with Crippen LogP contribution in [-0.4, -0.2) is 24.9 Å². The van der Waals surface area contributed by atoms with Gasteiger partial charge in [0.05, 0.1) is 0 Å². The number of carbonyl (C=O) groups excluding carboxylic acids is 2. The fourth-order valence-corrected chi connectivity index (χ4v) is 2.17. The van der Waals surface area contributed by atoms with Crippen molar-refractivity contribution in [3.63, 3.8) is 0 Å². The van der Waals surface area contributed by atoms with Gasteiger partial charge in [-0.15, -0.1) is 0 Å². The molecule has 1 saturated carbocycles. The van der Waals surface area contributed by atoms with Gasteiger partial charge < -0.3 is 16.0 Å². The molecule has 1 aliphatic carbocycles. The highest BCUT2D eigenvalue weighted by molar-refractivity contribution is 5.88. The molecule has 0 bridgehead atoms. The second-order valence-electron chi connectivity index (χ2n) is 5.55. The van der Waals surface area contributed by atoms with E-state index >= 15 is 0 Å². The van der Waals surface area contributed by atoms with Crippen LogP contribution in [0.5, 0.6) is 0 Å². The predicted octanol–water partition coefficient (Wildman–Crippen LogP) is 1.82. The number of carbonyl (C=O) groups is 2. The van der Waals surface area contributed by atoms with Gasteiger partial charge in [0.25, 0.3) is 0 Å². The Balaban J connectivity index is 1.75. The summed E-state index contributed by atoms with van der Waals surface area (Å²) in [6, 6.07) is 7.94. The first kappa shape index (κ1) is 15.5. The van der Waals surface area contributed by atoms with Crippen LogP contribution < -0.4 is 16.0 Å². The van der Waals surface area contributed by atoms with Gasteiger partial charge >= 0.3 is 0 Å². The van der Waals surface area contributed by atoms with Crippen molar-refractivity contribution in [1.82, 2.24) is 10.6 Å². The summed E-state index contributed by atoms with van der Waals surface area (Å²) in [7, 11) is 0. The van der Waals surface area contributed by atoms with Crippen molar-refractivity contribution in [1.29, 1.82) is 0 Å². The molecule has 0 aromatic heterocycles. The summed E-state index contributed by atoms with van der Waals surface area (Å²) in [5, 5.41) is 9.08. The Morgan fingerprint density at radius 1 is 1.29 bits per heavy atom. The zero-order valence-corrected chi connectivity index (χ0v) is 12.6. The van der Waals surface area contributed by atoms with Crippen LogP contribution in [0, 0.1) is 5.92 Å². The molecular weight excluding hydrogens is 266 g/mol. The summed E-state index contributed by atoms with van der Waals surface area (Å²) < 4.78 is 0. The summed E-state index contributed by atoms with van der Waals surface area (Å²) in [6.07, 6.45) is 2.07. The maximum atomic E-state index is 11.5. The molecule has 5 heteroatoms. The molecule has 1 aliphatic rings. The lowest BCUT2D eigenvalue weighted by Crippen LogP contribution is -2.33. The summed E-state index contributed by atoms with van der Waals surface area (Å²) in [4.78, 5) is 22.6. The third kappa shape index (κ3) is 5.19. The van der Waals surface area contributed by atoms with Crippen molar-refractivity contribution in [2.45, 2.75) is 32.7 Å². The van der Waals surface area contributed by atoms with Crippen LogP contribution in [0.2, 0.25) is 0 Å². The first-order valence-electron chi connectivity index (χ1n) is 7.45. The zero-order chi connectivity index (χ0) is 15.2. The molecule has 0 spiro atoms. The maximum Gasteiger partial charge on any atom is 0.223 e. The van der Waals surface area contributed by atoms with E-state index in [9.17, 15) is 9.59 Å². The molecule has 114 valence electrons. The van der Waals surface area contributed by atoms with Gasteiger partial charge in [0.15, 0.2) is 0 Å². The van der Waals surface area contributed by atoms with Crippen LogP contribution in [0.1, 0.15) is 38.3 Å². The second-order valence-corrected chi connectivity index (χ2v) is 5.55. The van der Waals surface area contributed by atoms with E-state index in [4.69, 9.17) is 0 Å². The minimum absolute atomic E-state index is 0.0736. The van der Waals surface area contributed by atoms with Crippen molar-refractivity contribution in [2.24, 2.45) is 5.92 Å². The Labute approximate surface area is 125 Å². The predicted molar refractivity (Wildman–Crippen MR) is 82.9 cm³/mol. The fraction of sp³-hybridized carbons (Fsp3) is 0.500. The maximum absolute atomic E-state index is 11.5. The quantitative estimate of drug-likeness (QED) is 0.671. The molecule has 0 heterocycles. The molecule has 1 aromatic carbocycles. The van der Waals surface area contributed by atoms with E-state index in [-0.39, 0.29) is 23.8 Å². The van der Waals surface area contributed by atoms with Gasteiger partial charge in [0.2, 0.25) is 11.8 Å². The van der Waals surface area contributed by atoms with Crippen molar-refractivity contribution in [3.05, 3.63) is 29.8 Å². The molecule has 0 radical (unpaired) electrons. The Morgan fingerprint density at radius 2 is 2.05 bits per heavy atom. The molecule has 1 atom stereocenters. The zero-order valence-electron chi connectivity index (χ0n) is 12.6. The molecule has 3 N–H and O–H groups in total. The average Bonchev–Trinajstić information content (AvgIpc) is 3.27. The smallest absolute Gasteiger partial charge is 0.223 e. The molecule has 21 heavy (non-hydrogen) atoms. The average molecular weight is 289 g/mol. The standard InChI is InChI=1S/C16H23N3O2/c1-11(17-8-9-18-16(21)13-6-7-13)14-4-3-5-15(10-14)19-12(2)20/h3-5,10-11,13,17H,6-9H2,1-2H3,(H,18,21)(H,19,20). The number of hydrogen-bond donors (Lipinski definition) is 3. The summed E-state index contributed by atoms with van der Waals surface area (Å²) in [5.74, 6) is 0.365. The highest BCUT2D eigenvalue weighted by Crippen LogP contribution is 2.28. The van der Waals surface area contributed by atoms with Crippen LogP contribution >= 0.6 is 0 Å². The molecule has 5 nitrogen and oxygen atoms in total. The summed E-state index contributed by atoms with van der Waals surface area (Å²) in [6.45, 7) is 4.93. The topological polar surface area (TPSA) is 70.2 Å². The Hall–Kier alpha value is -1.88. The second kappa shape index (κ2) is 7.22. The van der Waals surface area contributed by atoms with Gasteiger partial charge in [0, 0.05) is 37.7 Å². The van der Waals surface area contributed by atoms with Crippen molar-refractivity contribution in [2.75, 3.05) is 18.4 Å². The van der Waals surface area contributed by atoms with Gasteiger partial charge in [-0.25, -0.2) is 0 Å². The van der Waals surface area contributed by atoms with E-state index in [1.807, 2.05) is 24.3 Å². The van der Waals surface area contributed by atoms with Crippen molar-refractivity contribution in [3.8, 4) is 0 Å². The van der Waals surface area contributed by atoms with Gasteiger partial charge in [-0.05, 0) is 37.5 Å². The van der Waals surface area contributed by atoms with Crippen LogP contribution in [0.3, 0.4) is 0 Å². The fourth-order valence-electron chi connectivity index (χ4n) is 2.17. The van der Waals surface area contributed by atoms with E-state index in [1.165, 1.54) is 6.92 Å². The third-order valence-electron chi connectivity index (χ3n) is 3.53. The lowest BCUT2D eigenvalue weighted by Gasteiger charge is -2.15. The number of nitrogens with one attached hydrogen (secondary N) is 3. The van der Waals surface area contributed by atoms with Gasteiger partial charge in [-0.2, -0.15) is 0 Å².